The van der Waals surface area contributed by atoms with Gasteiger partial charge >= 0.3 is 5.97 Å². The summed E-state index contributed by atoms with van der Waals surface area (Å²) in [5, 5.41) is 9.49. The standard InChI is InChI=1S/C23H30N2O5S2/c1-30-22(27)21-19-11-12-25(14-17-7-9-18(26)10-8-17)15-20(19)31-23(21)32(28,29)24-13-16-5-3-2-4-6-16/h7-10,16,24,26H,2-6,11-15H2,1H3. The van der Waals surface area contributed by atoms with E-state index >= 15 is 0 Å². The van der Waals surface area contributed by atoms with Gasteiger partial charge in [0.25, 0.3) is 10.0 Å². The number of rotatable bonds is 7. The van der Waals surface area contributed by atoms with Crippen molar-refractivity contribution in [2.24, 2.45) is 5.92 Å². The summed E-state index contributed by atoms with van der Waals surface area (Å²) in [7, 11) is -2.51. The van der Waals surface area contributed by atoms with Crippen LogP contribution in [0.5, 0.6) is 5.75 Å². The van der Waals surface area contributed by atoms with Gasteiger partial charge in [-0.25, -0.2) is 17.9 Å². The number of nitrogens with one attached hydrogen (secondary N) is 1. The van der Waals surface area contributed by atoms with Crippen molar-refractivity contribution >= 4 is 27.3 Å². The van der Waals surface area contributed by atoms with Crippen LogP contribution in [0.2, 0.25) is 0 Å². The number of fused-ring (bicyclic) bond motifs is 1. The molecule has 0 bridgehead atoms. The second-order valence-corrected chi connectivity index (χ2v) is 11.7. The minimum absolute atomic E-state index is 0.0802. The number of methoxy groups -OCH3 is 1. The molecule has 0 saturated heterocycles. The van der Waals surface area contributed by atoms with Gasteiger partial charge in [-0.3, -0.25) is 4.90 Å². The van der Waals surface area contributed by atoms with Gasteiger partial charge < -0.3 is 9.84 Å². The first-order valence-corrected chi connectivity index (χ1v) is 13.4. The maximum absolute atomic E-state index is 13.2. The van der Waals surface area contributed by atoms with E-state index in [0.29, 0.717) is 38.5 Å². The zero-order valence-corrected chi connectivity index (χ0v) is 19.9. The number of aromatic hydroxyl groups is 1. The van der Waals surface area contributed by atoms with Crippen LogP contribution in [0.1, 0.15) is 58.5 Å². The van der Waals surface area contributed by atoms with Gasteiger partial charge in [0.15, 0.2) is 0 Å². The van der Waals surface area contributed by atoms with Crippen molar-refractivity contribution in [3.05, 3.63) is 45.8 Å². The highest BCUT2D eigenvalue weighted by Crippen LogP contribution is 2.37. The van der Waals surface area contributed by atoms with Gasteiger partial charge in [0, 0.05) is 31.1 Å². The molecule has 1 aromatic heterocycles. The Bertz CT molecular complexity index is 1060. The first kappa shape index (κ1) is 23.2. The van der Waals surface area contributed by atoms with Crippen molar-refractivity contribution in [2.45, 2.75) is 55.8 Å². The number of nitrogens with zero attached hydrogens (tertiary/aromatic N) is 1. The Morgan fingerprint density at radius 1 is 1.22 bits per heavy atom. The van der Waals surface area contributed by atoms with Gasteiger partial charge in [-0.2, -0.15) is 0 Å². The minimum atomic E-state index is -3.80. The van der Waals surface area contributed by atoms with Crippen molar-refractivity contribution in [1.82, 2.24) is 9.62 Å². The molecule has 1 aliphatic carbocycles. The van der Waals surface area contributed by atoms with E-state index in [9.17, 15) is 18.3 Å². The summed E-state index contributed by atoms with van der Waals surface area (Å²) in [6.45, 7) is 2.39. The third kappa shape index (κ3) is 5.17. The van der Waals surface area contributed by atoms with Gasteiger partial charge in [0.1, 0.15) is 9.96 Å². The van der Waals surface area contributed by atoms with Crippen molar-refractivity contribution in [1.29, 1.82) is 0 Å². The van der Waals surface area contributed by atoms with Crippen LogP contribution in [0.3, 0.4) is 0 Å². The summed E-state index contributed by atoms with van der Waals surface area (Å²) in [4.78, 5) is 15.7. The van der Waals surface area contributed by atoms with Crippen LogP contribution in [-0.2, 0) is 34.3 Å². The van der Waals surface area contributed by atoms with E-state index in [2.05, 4.69) is 9.62 Å². The third-order valence-corrected chi connectivity index (χ3v) is 9.53. The molecular weight excluding hydrogens is 448 g/mol. The number of phenolic OH excluding ortho intramolecular Hbond substituents is 1. The number of phenols is 1. The lowest BCUT2D eigenvalue weighted by Gasteiger charge is -2.27. The predicted octanol–water partition coefficient (Wildman–Crippen LogP) is 3.66. The van der Waals surface area contributed by atoms with E-state index < -0.39 is 16.0 Å². The molecule has 7 nitrogen and oxygen atoms in total. The number of carbonyl (C=O) groups is 1. The third-order valence-electron chi connectivity index (χ3n) is 6.37. The fraction of sp³-hybridized carbons (Fsp3) is 0.522. The molecule has 0 unspecified atom stereocenters. The molecule has 2 N–H and O–H groups in total. The molecule has 1 fully saturated rings. The predicted molar refractivity (Wildman–Crippen MR) is 123 cm³/mol. The highest BCUT2D eigenvalue weighted by atomic mass is 32.2. The molecule has 1 saturated carbocycles. The molecule has 2 aromatic rings. The first-order valence-electron chi connectivity index (χ1n) is 11.1. The Hall–Kier alpha value is -1.94. The number of hydrogen-bond acceptors (Lipinski definition) is 7. The fourth-order valence-electron chi connectivity index (χ4n) is 4.61. The van der Waals surface area contributed by atoms with Crippen molar-refractivity contribution in [3.63, 3.8) is 0 Å². The summed E-state index contributed by atoms with van der Waals surface area (Å²) in [5.74, 6) is -0.00533. The first-order chi connectivity index (χ1) is 15.4. The smallest absolute Gasteiger partial charge is 0.340 e. The fourth-order valence-corrected chi connectivity index (χ4v) is 7.69. The average Bonchev–Trinajstić information content (AvgIpc) is 3.19. The van der Waals surface area contributed by atoms with Gasteiger partial charge in [0.05, 0.1) is 12.7 Å². The zero-order valence-electron chi connectivity index (χ0n) is 18.3. The van der Waals surface area contributed by atoms with E-state index in [0.717, 1.165) is 41.7 Å². The maximum atomic E-state index is 13.2. The average molecular weight is 479 g/mol. The van der Waals surface area contributed by atoms with Crippen LogP contribution < -0.4 is 4.72 Å². The number of hydrogen-bond donors (Lipinski definition) is 2. The monoisotopic (exact) mass is 478 g/mol. The number of thiophene rings is 1. The molecule has 32 heavy (non-hydrogen) atoms. The van der Waals surface area contributed by atoms with Crippen molar-refractivity contribution in [3.8, 4) is 5.75 Å². The molecule has 1 aliphatic heterocycles. The van der Waals surface area contributed by atoms with Crippen molar-refractivity contribution < 1.29 is 23.1 Å². The van der Waals surface area contributed by atoms with Gasteiger partial charge in [-0.1, -0.05) is 31.4 Å². The van der Waals surface area contributed by atoms with Crippen LogP contribution in [-0.4, -0.2) is 44.6 Å². The molecule has 0 atom stereocenters. The van der Waals surface area contributed by atoms with Gasteiger partial charge in [-0.05, 0) is 48.4 Å². The molecular formula is C23H30N2O5S2. The summed E-state index contributed by atoms with van der Waals surface area (Å²) in [6, 6.07) is 7.08. The second-order valence-electron chi connectivity index (χ2n) is 8.64. The van der Waals surface area contributed by atoms with E-state index in [-0.39, 0.29) is 15.5 Å². The van der Waals surface area contributed by atoms with Crippen LogP contribution in [0.15, 0.2) is 28.5 Å². The number of carbonyl (C=O) groups excluding carboxylic acids is 1. The van der Waals surface area contributed by atoms with Crippen LogP contribution >= 0.6 is 11.3 Å². The van der Waals surface area contributed by atoms with E-state index in [1.807, 2.05) is 12.1 Å². The molecule has 0 spiro atoms. The molecule has 9 heteroatoms. The molecule has 0 amide bonds. The number of ether oxygens (including phenoxy) is 1. The Morgan fingerprint density at radius 3 is 2.62 bits per heavy atom. The van der Waals surface area contributed by atoms with Crippen molar-refractivity contribution in [2.75, 3.05) is 20.2 Å². The minimum Gasteiger partial charge on any atom is -0.508 e. The Labute approximate surface area is 193 Å². The van der Waals surface area contributed by atoms with Gasteiger partial charge in [0.2, 0.25) is 0 Å². The normalized spacial score (nSPS) is 17.8. The van der Waals surface area contributed by atoms with Gasteiger partial charge in [-0.15, -0.1) is 11.3 Å². The molecule has 1 aromatic carbocycles. The molecule has 2 heterocycles. The summed E-state index contributed by atoms with van der Waals surface area (Å²) < 4.78 is 34.2. The topological polar surface area (TPSA) is 95.9 Å². The summed E-state index contributed by atoms with van der Waals surface area (Å²) in [5.41, 5.74) is 2.06. The lowest BCUT2D eigenvalue weighted by Crippen LogP contribution is -2.31. The molecule has 4 rings (SSSR count). The van der Waals surface area contributed by atoms with E-state index in [4.69, 9.17) is 4.74 Å². The molecule has 2 aliphatic rings. The number of esters is 1. The Kier molecular flexibility index (Phi) is 7.19. The Morgan fingerprint density at radius 2 is 1.94 bits per heavy atom. The molecule has 174 valence electrons. The summed E-state index contributed by atoms with van der Waals surface area (Å²) >= 11 is 1.18. The SMILES string of the molecule is COC(=O)c1c(S(=O)(=O)NCC2CCCCC2)sc2c1CCN(Cc1ccc(O)cc1)C2. The number of benzene rings is 1. The zero-order chi connectivity index (χ0) is 22.7. The van der Waals surface area contributed by atoms with E-state index in [1.165, 1.54) is 24.9 Å². The largest absolute Gasteiger partial charge is 0.508 e. The lowest BCUT2D eigenvalue weighted by molar-refractivity contribution is 0.0595. The lowest BCUT2D eigenvalue weighted by atomic mass is 9.90. The highest BCUT2D eigenvalue weighted by Gasteiger charge is 2.34. The quantitative estimate of drug-likeness (QED) is 0.590. The van der Waals surface area contributed by atoms with E-state index in [1.54, 1.807) is 12.1 Å². The molecule has 0 radical (unpaired) electrons. The Balaban J connectivity index is 1.55. The maximum Gasteiger partial charge on any atom is 0.340 e. The highest BCUT2D eigenvalue weighted by molar-refractivity contribution is 7.91. The summed E-state index contributed by atoms with van der Waals surface area (Å²) in [6.07, 6.45) is 6.17. The number of sulfonamides is 1. The second kappa shape index (κ2) is 9.91. The van der Waals surface area contributed by atoms with Crippen LogP contribution in [0.25, 0.3) is 0 Å². The van der Waals surface area contributed by atoms with Crippen LogP contribution in [0, 0.1) is 5.92 Å². The van der Waals surface area contributed by atoms with Crippen LogP contribution in [0.4, 0.5) is 0 Å².